The van der Waals surface area contributed by atoms with Crippen LogP contribution in [-0.2, 0) is 42.8 Å². The minimum absolute atomic E-state index is 0.195. The zero-order valence-corrected chi connectivity index (χ0v) is 51.2. The molecule has 2 amide bonds. The fourth-order valence-electron chi connectivity index (χ4n) is 11.2. The molecule has 496 valence electrons. The normalized spacial score (nSPS) is 29.7. The summed E-state index contributed by atoms with van der Waals surface area (Å²) in [4.78, 5) is 38.4. The summed E-state index contributed by atoms with van der Waals surface area (Å²) in [6.45, 7) is 2.08. The van der Waals surface area contributed by atoms with Gasteiger partial charge in [-0.1, -0.05) is 173 Å². The molecule has 3 heterocycles. The van der Waals surface area contributed by atoms with Crippen LogP contribution in [-0.4, -0.2) is 215 Å². The molecule has 0 radical (unpaired) electrons. The van der Waals surface area contributed by atoms with E-state index < -0.39 is 155 Å². The summed E-state index contributed by atoms with van der Waals surface area (Å²) in [5.41, 5.74) is 0. The number of carboxylic acid groups (broad SMARTS) is 1. The van der Waals surface area contributed by atoms with Crippen molar-refractivity contribution in [3.63, 3.8) is 0 Å². The van der Waals surface area contributed by atoms with Crippen molar-refractivity contribution in [1.82, 2.24) is 10.6 Å². The predicted molar refractivity (Wildman–Crippen MR) is 315 cm³/mol. The average molecular weight is 1220 g/mol. The van der Waals surface area contributed by atoms with Crippen molar-refractivity contribution >= 4 is 17.8 Å². The Hall–Kier alpha value is -2.79. The molecular weight excluding hydrogens is 1110 g/mol. The lowest BCUT2D eigenvalue weighted by molar-refractivity contribution is -0.386. The molecule has 3 saturated heterocycles. The number of carboxylic acids is 1. The lowest BCUT2D eigenvalue weighted by Crippen LogP contribution is -2.70. The molecule has 23 nitrogen and oxygen atoms in total. The monoisotopic (exact) mass is 1220 g/mol. The second-order valence-corrected chi connectivity index (χ2v) is 23.6. The van der Waals surface area contributed by atoms with Gasteiger partial charge in [0.25, 0.3) is 5.79 Å². The SMILES string of the molecule is CCCCCCCCCC/C=C/C(O)C(COC1OC(CO)C(OC2OC(CO)C(O)C(OC3(C(=O)O)CC(O)C(NC(C)=O)C(C(O)C(O)CO)O3)C2O)C(O)C1O)NC(=O)CCCCCCCCC/C=C\CCCCCCCCCCCC. The molecular formula is C62H112N2O21. The predicted octanol–water partition coefficient (Wildman–Crippen LogP) is 4.11. The van der Waals surface area contributed by atoms with Crippen LogP contribution in [0.1, 0.15) is 213 Å². The third-order valence-electron chi connectivity index (χ3n) is 16.4. The fourth-order valence-corrected chi connectivity index (χ4v) is 11.2. The summed E-state index contributed by atoms with van der Waals surface area (Å²) in [7, 11) is 0. The first kappa shape index (κ1) is 76.5. The van der Waals surface area contributed by atoms with E-state index in [1.807, 2.05) is 6.08 Å². The maximum Gasteiger partial charge on any atom is 0.364 e. The summed E-state index contributed by atoms with van der Waals surface area (Å²) in [6, 6.07) is -2.62. The first-order valence-electron chi connectivity index (χ1n) is 32.2. The Bertz CT molecular complexity index is 1830. The van der Waals surface area contributed by atoms with E-state index in [0.29, 0.717) is 12.8 Å². The first-order chi connectivity index (χ1) is 40.9. The van der Waals surface area contributed by atoms with Gasteiger partial charge >= 0.3 is 5.97 Å². The molecule has 18 atom stereocenters. The van der Waals surface area contributed by atoms with E-state index in [2.05, 4.69) is 36.6 Å². The molecule has 3 aliphatic heterocycles. The number of hydrogen-bond donors (Lipinski definition) is 14. The van der Waals surface area contributed by atoms with Gasteiger partial charge in [-0.05, 0) is 44.9 Å². The van der Waals surface area contributed by atoms with Gasteiger partial charge in [-0.3, -0.25) is 9.59 Å². The number of nitrogens with one attached hydrogen (secondary N) is 2. The number of carbonyl (C=O) groups excluding carboxylic acids is 2. The number of aliphatic hydroxyl groups is 11. The highest BCUT2D eigenvalue weighted by atomic mass is 16.8. The Morgan fingerprint density at radius 3 is 1.60 bits per heavy atom. The van der Waals surface area contributed by atoms with E-state index in [0.717, 1.165) is 77.6 Å². The minimum atomic E-state index is -3.08. The number of ether oxygens (including phenoxy) is 6. The number of carbonyl (C=O) groups is 3. The van der Waals surface area contributed by atoms with Crippen LogP contribution in [0.25, 0.3) is 0 Å². The van der Waals surface area contributed by atoms with Crippen molar-refractivity contribution in [2.75, 3.05) is 26.4 Å². The Morgan fingerprint density at radius 1 is 0.612 bits per heavy atom. The lowest BCUT2D eigenvalue weighted by atomic mass is 9.88. The maximum absolute atomic E-state index is 13.4. The molecule has 0 aromatic rings. The highest BCUT2D eigenvalue weighted by molar-refractivity contribution is 5.77. The summed E-state index contributed by atoms with van der Waals surface area (Å²) in [5.74, 6) is -6.15. The number of amides is 2. The van der Waals surface area contributed by atoms with Crippen molar-refractivity contribution in [3.05, 3.63) is 24.3 Å². The smallest absolute Gasteiger partial charge is 0.364 e. The summed E-state index contributed by atoms with van der Waals surface area (Å²) < 4.78 is 34.7. The molecule has 0 aromatic carbocycles. The third-order valence-corrected chi connectivity index (χ3v) is 16.4. The standard InChI is InChI=1S/C62H112N2O21/c1-4-6-8-10-12-14-16-17-18-19-20-21-22-23-24-25-26-28-30-32-34-36-49(72)64-43(44(69)35-33-31-29-27-15-13-11-9-7-5-2)41-80-59-54(76)53(75)56(48(40-67)82-59)83-60-55(77)58(52(74)47(39-66)81-60)85-62(61(78)79)37-45(70)50(63-42(3)68)57(84-62)51(73)46(71)38-65/h21-22,33,35,43-48,50-60,65-67,69-71,73-77H,4-20,23-32,34,36-41H2,1-3H3,(H,63,68)(H,64,72)(H,78,79)/b22-21-,35-33+. The van der Waals surface area contributed by atoms with E-state index in [-0.39, 0.29) is 12.3 Å². The number of aliphatic carboxylic acids is 1. The average Bonchev–Trinajstić information content (AvgIpc) is 3.51. The quantitative estimate of drug-likeness (QED) is 0.0301. The summed E-state index contributed by atoms with van der Waals surface area (Å²) >= 11 is 0. The van der Waals surface area contributed by atoms with Crippen molar-refractivity contribution in [3.8, 4) is 0 Å². The maximum atomic E-state index is 13.4. The number of allylic oxidation sites excluding steroid dienone is 3. The van der Waals surface area contributed by atoms with Crippen molar-refractivity contribution < 1.29 is 104 Å². The van der Waals surface area contributed by atoms with Crippen LogP contribution < -0.4 is 10.6 Å². The van der Waals surface area contributed by atoms with Gasteiger partial charge in [-0.25, -0.2) is 4.79 Å². The summed E-state index contributed by atoms with van der Waals surface area (Å²) in [6.07, 6.45) is 11.1. The Morgan fingerprint density at radius 2 is 1.11 bits per heavy atom. The summed E-state index contributed by atoms with van der Waals surface area (Å²) in [5, 5.41) is 135. The van der Waals surface area contributed by atoms with Gasteiger partial charge in [-0.15, -0.1) is 0 Å². The van der Waals surface area contributed by atoms with Gasteiger partial charge in [0.15, 0.2) is 12.6 Å². The van der Waals surface area contributed by atoms with Crippen molar-refractivity contribution in [2.45, 2.75) is 323 Å². The number of hydrogen-bond acceptors (Lipinski definition) is 20. The van der Waals surface area contributed by atoms with Crippen molar-refractivity contribution in [1.29, 1.82) is 0 Å². The van der Waals surface area contributed by atoms with E-state index in [9.17, 15) is 75.7 Å². The number of unbranched alkanes of at least 4 members (excludes halogenated alkanes) is 25. The van der Waals surface area contributed by atoms with Crippen LogP contribution in [0.15, 0.2) is 24.3 Å². The second-order valence-electron chi connectivity index (χ2n) is 23.6. The molecule has 23 heteroatoms. The third kappa shape index (κ3) is 27.5. The molecule has 18 unspecified atom stereocenters. The van der Waals surface area contributed by atoms with Crippen LogP contribution in [0.4, 0.5) is 0 Å². The molecule has 0 saturated carbocycles. The molecule has 0 aromatic heterocycles. The van der Waals surface area contributed by atoms with E-state index >= 15 is 0 Å². The van der Waals surface area contributed by atoms with Crippen molar-refractivity contribution in [2.24, 2.45) is 0 Å². The first-order valence-corrected chi connectivity index (χ1v) is 32.2. The van der Waals surface area contributed by atoms with E-state index in [1.54, 1.807) is 6.08 Å². The number of rotatable bonds is 47. The zero-order chi connectivity index (χ0) is 62.6. The van der Waals surface area contributed by atoms with E-state index in [1.165, 1.54) is 96.3 Å². The topological polar surface area (TPSA) is 373 Å². The van der Waals surface area contributed by atoms with Gasteiger partial charge in [0.2, 0.25) is 11.8 Å². The van der Waals surface area contributed by atoms with Gasteiger partial charge < -0.3 is 100 Å². The molecule has 14 N–H and O–H groups in total. The van der Waals surface area contributed by atoms with Crippen LogP contribution in [0.2, 0.25) is 0 Å². The van der Waals surface area contributed by atoms with Gasteiger partial charge in [0, 0.05) is 19.8 Å². The lowest BCUT2D eigenvalue weighted by Gasteiger charge is -2.50. The van der Waals surface area contributed by atoms with E-state index in [4.69, 9.17) is 28.4 Å². The largest absolute Gasteiger partial charge is 0.477 e. The molecule has 0 bridgehead atoms. The van der Waals surface area contributed by atoms with Gasteiger partial charge in [-0.2, -0.15) is 0 Å². The zero-order valence-electron chi connectivity index (χ0n) is 51.2. The van der Waals surface area contributed by atoms with Crippen LogP contribution in [0, 0.1) is 0 Å². The van der Waals surface area contributed by atoms with Crippen LogP contribution >= 0.6 is 0 Å². The van der Waals surface area contributed by atoms with Crippen LogP contribution in [0.5, 0.6) is 0 Å². The fraction of sp³-hybridized carbons (Fsp3) is 0.887. The molecule has 3 aliphatic rings. The highest BCUT2D eigenvalue weighted by Gasteiger charge is 2.60. The minimum Gasteiger partial charge on any atom is -0.477 e. The molecule has 3 fully saturated rings. The molecule has 85 heavy (non-hydrogen) atoms. The Balaban J connectivity index is 1.60. The molecule has 3 rings (SSSR count). The van der Waals surface area contributed by atoms with Gasteiger partial charge in [0.1, 0.15) is 67.1 Å². The number of aliphatic hydroxyl groups excluding tert-OH is 11. The second kappa shape index (κ2) is 43.8. The Kier molecular flexibility index (Phi) is 39.4. The van der Waals surface area contributed by atoms with Gasteiger partial charge in [0.05, 0.1) is 50.7 Å². The highest BCUT2D eigenvalue weighted by Crippen LogP contribution is 2.38. The van der Waals surface area contributed by atoms with Crippen LogP contribution in [0.3, 0.4) is 0 Å². The Labute approximate surface area is 504 Å². The molecule has 0 aliphatic carbocycles. The molecule has 0 spiro atoms.